The van der Waals surface area contributed by atoms with Gasteiger partial charge < -0.3 is 5.73 Å². The quantitative estimate of drug-likeness (QED) is 0.657. The van der Waals surface area contributed by atoms with E-state index in [0.29, 0.717) is 6.04 Å². The third-order valence-electron chi connectivity index (χ3n) is 4.57. The Labute approximate surface area is 80.5 Å². The first-order valence-electron chi connectivity index (χ1n) is 5.86. The monoisotopic (exact) mass is 180 g/mol. The molecule has 1 saturated carbocycles. The Morgan fingerprint density at radius 3 is 2.08 bits per heavy atom. The third kappa shape index (κ3) is 1.15. The lowest BCUT2D eigenvalue weighted by Crippen LogP contribution is -2.64. The molecule has 3 heterocycles. The van der Waals surface area contributed by atoms with Gasteiger partial charge in [0.15, 0.2) is 0 Å². The number of nitrogens with two attached hydrogens (primary N) is 1. The van der Waals surface area contributed by atoms with Crippen LogP contribution in [-0.4, -0.2) is 30.1 Å². The minimum atomic E-state index is 0.507. The van der Waals surface area contributed by atoms with E-state index in [9.17, 15) is 0 Å². The molecule has 4 aliphatic rings. The van der Waals surface area contributed by atoms with Crippen LogP contribution < -0.4 is 5.73 Å². The summed E-state index contributed by atoms with van der Waals surface area (Å²) < 4.78 is 0. The average molecular weight is 180 g/mol. The van der Waals surface area contributed by atoms with Crippen LogP contribution in [0.5, 0.6) is 0 Å². The van der Waals surface area contributed by atoms with Crippen LogP contribution in [0.3, 0.4) is 0 Å². The summed E-state index contributed by atoms with van der Waals surface area (Å²) in [6.45, 7) is 2.67. The summed E-state index contributed by atoms with van der Waals surface area (Å²) in [5.41, 5.74) is 6.33. The van der Waals surface area contributed by atoms with Crippen LogP contribution in [0.15, 0.2) is 0 Å². The highest BCUT2D eigenvalue weighted by Gasteiger charge is 2.44. The lowest BCUT2D eigenvalue weighted by molar-refractivity contribution is -0.0219. The molecule has 2 atom stereocenters. The van der Waals surface area contributed by atoms with Crippen molar-refractivity contribution >= 4 is 0 Å². The molecule has 4 rings (SSSR count). The summed E-state index contributed by atoms with van der Waals surface area (Å²) >= 11 is 0. The van der Waals surface area contributed by atoms with Gasteiger partial charge in [0.2, 0.25) is 0 Å². The molecule has 2 nitrogen and oxygen atoms in total. The number of nitrogens with zero attached hydrogens (tertiary/aromatic N) is 1. The smallest absolute Gasteiger partial charge is 0.0278 e. The minimum absolute atomic E-state index is 0.507. The molecule has 2 unspecified atom stereocenters. The fourth-order valence-corrected chi connectivity index (χ4v) is 3.52. The Morgan fingerprint density at radius 1 is 0.923 bits per heavy atom. The van der Waals surface area contributed by atoms with Gasteiger partial charge in [-0.1, -0.05) is 6.42 Å². The molecule has 3 aliphatic heterocycles. The number of fused-ring (bicyclic) bond motifs is 3. The van der Waals surface area contributed by atoms with Gasteiger partial charge in [-0.2, -0.15) is 0 Å². The van der Waals surface area contributed by atoms with Crippen molar-refractivity contribution in [2.75, 3.05) is 13.1 Å². The molecule has 0 amide bonds. The van der Waals surface area contributed by atoms with Crippen molar-refractivity contribution in [3.8, 4) is 0 Å². The van der Waals surface area contributed by atoms with Gasteiger partial charge in [0, 0.05) is 12.1 Å². The number of rotatable bonds is 1. The molecule has 2 N–H and O–H groups in total. The third-order valence-corrected chi connectivity index (χ3v) is 4.57. The van der Waals surface area contributed by atoms with Crippen LogP contribution in [0.25, 0.3) is 0 Å². The van der Waals surface area contributed by atoms with E-state index in [1.54, 1.807) is 0 Å². The predicted molar refractivity (Wildman–Crippen MR) is 53.4 cm³/mol. The zero-order valence-electron chi connectivity index (χ0n) is 8.28. The van der Waals surface area contributed by atoms with Crippen molar-refractivity contribution in [3.05, 3.63) is 0 Å². The van der Waals surface area contributed by atoms with E-state index in [4.69, 9.17) is 5.73 Å². The summed E-state index contributed by atoms with van der Waals surface area (Å²) in [6, 6.07) is 1.27. The minimum Gasteiger partial charge on any atom is -0.326 e. The van der Waals surface area contributed by atoms with Crippen LogP contribution in [-0.2, 0) is 0 Å². The van der Waals surface area contributed by atoms with Crippen LogP contribution in [0.1, 0.15) is 32.1 Å². The SMILES string of the molecule is NC1C2CCN(CC2)C1C1CCC1. The molecule has 0 radical (unpaired) electrons. The summed E-state index contributed by atoms with van der Waals surface area (Å²) in [6.07, 6.45) is 7.07. The molecule has 2 heteroatoms. The van der Waals surface area contributed by atoms with Crippen molar-refractivity contribution in [1.82, 2.24) is 4.90 Å². The zero-order valence-corrected chi connectivity index (χ0v) is 8.28. The molecule has 74 valence electrons. The molecular weight excluding hydrogens is 160 g/mol. The van der Waals surface area contributed by atoms with E-state index in [1.165, 1.54) is 45.2 Å². The highest BCUT2D eigenvalue weighted by molar-refractivity contribution is 5.01. The largest absolute Gasteiger partial charge is 0.326 e. The molecule has 0 aromatic rings. The molecular formula is C11H20N2. The lowest BCUT2D eigenvalue weighted by Gasteiger charge is -2.54. The molecule has 4 fully saturated rings. The summed E-state index contributed by atoms with van der Waals surface area (Å²) in [7, 11) is 0. The van der Waals surface area contributed by atoms with Gasteiger partial charge in [-0.15, -0.1) is 0 Å². The Morgan fingerprint density at radius 2 is 1.62 bits per heavy atom. The van der Waals surface area contributed by atoms with Crippen LogP contribution >= 0.6 is 0 Å². The Kier molecular flexibility index (Phi) is 1.88. The molecule has 0 aromatic heterocycles. The average Bonchev–Trinajstić information content (AvgIpc) is 2.09. The molecule has 2 bridgehead atoms. The van der Waals surface area contributed by atoms with Gasteiger partial charge in [-0.25, -0.2) is 0 Å². The van der Waals surface area contributed by atoms with Gasteiger partial charge in [0.25, 0.3) is 0 Å². The molecule has 13 heavy (non-hydrogen) atoms. The van der Waals surface area contributed by atoms with Gasteiger partial charge >= 0.3 is 0 Å². The van der Waals surface area contributed by atoms with E-state index in [2.05, 4.69) is 4.90 Å². The Balaban J connectivity index is 1.77. The van der Waals surface area contributed by atoms with E-state index in [1.807, 2.05) is 0 Å². The maximum absolute atomic E-state index is 6.33. The van der Waals surface area contributed by atoms with Crippen LogP contribution in [0, 0.1) is 11.8 Å². The molecule has 0 aromatic carbocycles. The van der Waals surface area contributed by atoms with Crippen LogP contribution in [0.4, 0.5) is 0 Å². The Bertz CT molecular complexity index is 190. The van der Waals surface area contributed by atoms with Gasteiger partial charge in [-0.3, -0.25) is 4.90 Å². The maximum Gasteiger partial charge on any atom is 0.0278 e. The number of hydrogen-bond acceptors (Lipinski definition) is 2. The molecule has 3 saturated heterocycles. The highest BCUT2D eigenvalue weighted by atomic mass is 15.2. The second kappa shape index (κ2) is 2.96. The number of piperidine rings is 3. The lowest BCUT2D eigenvalue weighted by atomic mass is 9.68. The number of hydrogen-bond donors (Lipinski definition) is 1. The summed E-state index contributed by atoms with van der Waals surface area (Å²) in [4.78, 5) is 2.68. The topological polar surface area (TPSA) is 29.3 Å². The van der Waals surface area contributed by atoms with E-state index < -0.39 is 0 Å². The second-order valence-corrected chi connectivity index (χ2v) is 5.13. The van der Waals surface area contributed by atoms with Gasteiger partial charge in [0.05, 0.1) is 0 Å². The van der Waals surface area contributed by atoms with Crippen LogP contribution in [0.2, 0.25) is 0 Å². The van der Waals surface area contributed by atoms with Gasteiger partial charge in [-0.05, 0) is 50.6 Å². The summed E-state index contributed by atoms with van der Waals surface area (Å²) in [5.74, 6) is 1.81. The van der Waals surface area contributed by atoms with Crippen molar-refractivity contribution in [2.24, 2.45) is 17.6 Å². The standard InChI is InChI=1S/C11H20N2/c12-10-8-4-6-13(7-5-8)11(10)9-2-1-3-9/h8-11H,1-7,12H2. The Hall–Kier alpha value is -0.0800. The van der Waals surface area contributed by atoms with Gasteiger partial charge in [0.1, 0.15) is 0 Å². The van der Waals surface area contributed by atoms with E-state index in [-0.39, 0.29) is 0 Å². The highest BCUT2D eigenvalue weighted by Crippen LogP contribution is 2.41. The van der Waals surface area contributed by atoms with E-state index in [0.717, 1.165) is 17.9 Å². The van der Waals surface area contributed by atoms with Crippen molar-refractivity contribution in [3.63, 3.8) is 0 Å². The van der Waals surface area contributed by atoms with E-state index >= 15 is 0 Å². The van der Waals surface area contributed by atoms with Crippen molar-refractivity contribution in [1.29, 1.82) is 0 Å². The normalized spacial score (nSPS) is 50.5. The first-order chi connectivity index (χ1) is 6.36. The molecule has 0 spiro atoms. The predicted octanol–water partition coefficient (Wildman–Crippen LogP) is 1.21. The summed E-state index contributed by atoms with van der Waals surface area (Å²) in [5, 5.41) is 0. The molecule has 1 aliphatic carbocycles. The maximum atomic E-state index is 6.33. The fraction of sp³-hybridized carbons (Fsp3) is 1.00. The zero-order chi connectivity index (χ0) is 8.84. The van der Waals surface area contributed by atoms with Crippen molar-refractivity contribution in [2.45, 2.75) is 44.2 Å². The second-order valence-electron chi connectivity index (χ2n) is 5.13. The first-order valence-corrected chi connectivity index (χ1v) is 5.86. The fourth-order valence-electron chi connectivity index (χ4n) is 3.52. The van der Waals surface area contributed by atoms with Crippen molar-refractivity contribution < 1.29 is 0 Å². The first kappa shape index (κ1) is 8.25.